The lowest BCUT2D eigenvalue weighted by molar-refractivity contribution is 0.398. The number of nitrogens with zero attached hydrogens (tertiary/aromatic N) is 6. The molecule has 21 heavy (non-hydrogen) atoms. The van der Waals surface area contributed by atoms with Crippen molar-refractivity contribution in [2.24, 2.45) is 5.92 Å². The van der Waals surface area contributed by atoms with Gasteiger partial charge < -0.3 is 5.32 Å². The molecule has 0 radical (unpaired) electrons. The Morgan fingerprint density at radius 2 is 2.33 bits per heavy atom. The summed E-state index contributed by atoms with van der Waals surface area (Å²) in [6.45, 7) is 2.65. The highest BCUT2D eigenvalue weighted by Gasteiger charge is 2.28. The fourth-order valence-electron chi connectivity index (χ4n) is 2.90. The minimum atomic E-state index is 0.343. The Balaban J connectivity index is 1.71. The van der Waals surface area contributed by atoms with E-state index in [4.69, 9.17) is 5.26 Å². The van der Waals surface area contributed by atoms with E-state index in [0.29, 0.717) is 23.5 Å². The molecule has 1 N–H and O–H groups in total. The normalized spacial score (nSPS) is 21.1. The van der Waals surface area contributed by atoms with Crippen LogP contribution < -0.4 is 5.32 Å². The fourth-order valence-corrected chi connectivity index (χ4v) is 2.90. The average Bonchev–Trinajstić information content (AvgIpc) is 3.11. The monoisotopic (exact) mass is 283 g/mol. The molecule has 1 fully saturated rings. The number of hydrogen-bond donors (Lipinski definition) is 1. The van der Waals surface area contributed by atoms with Crippen molar-refractivity contribution < 1.29 is 0 Å². The summed E-state index contributed by atoms with van der Waals surface area (Å²) in [6.07, 6.45) is 7.03. The molecule has 7 heteroatoms. The van der Waals surface area contributed by atoms with Crippen molar-refractivity contribution in [2.45, 2.75) is 38.8 Å². The highest BCUT2D eigenvalue weighted by molar-refractivity contribution is 5.41. The first-order valence-corrected chi connectivity index (χ1v) is 7.11. The van der Waals surface area contributed by atoms with Crippen molar-refractivity contribution in [1.29, 1.82) is 5.26 Å². The van der Waals surface area contributed by atoms with Gasteiger partial charge in [-0.2, -0.15) is 5.26 Å². The van der Waals surface area contributed by atoms with Gasteiger partial charge in [-0.15, -0.1) is 5.10 Å². The Hall–Kier alpha value is -2.49. The predicted octanol–water partition coefficient (Wildman–Crippen LogP) is 1.53. The van der Waals surface area contributed by atoms with Crippen LogP contribution in [0.1, 0.15) is 30.8 Å². The molecule has 0 unspecified atom stereocenters. The third-order valence-electron chi connectivity index (χ3n) is 3.84. The maximum absolute atomic E-state index is 8.98. The van der Waals surface area contributed by atoms with Crippen molar-refractivity contribution in [3.8, 4) is 6.07 Å². The lowest BCUT2D eigenvalue weighted by atomic mass is 10.0. The molecule has 1 aliphatic carbocycles. The van der Waals surface area contributed by atoms with Gasteiger partial charge in [-0.3, -0.25) is 4.68 Å². The van der Waals surface area contributed by atoms with E-state index in [-0.39, 0.29) is 0 Å². The quantitative estimate of drug-likeness (QED) is 0.914. The van der Waals surface area contributed by atoms with Crippen LogP contribution >= 0.6 is 0 Å². The molecule has 1 saturated carbocycles. The van der Waals surface area contributed by atoms with Crippen molar-refractivity contribution in [3.63, 3.8) is 0 Å². The Morgan fingerprint density at radius 3 is 3.10 bits per heavy atom. The van der Waals surface area contributed by atoms with Gasteiger partial charge in [-0.05, 0) is 25.7 Å². The molecule has 7 nitrogen and oxygen atoms in total. The van der Waals surface area contributed by atoms with Crippen LogP contribution in [-0.4, -0.2) is 31.0 Å². The highest BCUT2D eigenvalue weighted by Crippen LogP contribution is 2.29. The number of nitrogens with one attached hydrogen (secondary N) is 1. The fraction of sp³-hybridized carbons (Fsp3) is 0.500. The molecule has 0 aliphatic heterocycles. The van der Waals surface area contributed by atoms with Crippen LogP contribution in [0.4, 0.5) is 5.82 Å². The predicted molar refractivity (Wildman–Crippen MR) is 76.3 cm³/mol. The molecule has 0 saturated heterocycles. The van der Waals surface area contributed by atoms with Gasteiger partial charge in [0.15, 0.2) is 0 Å². The van der Waals surface area contributed by atoms with Gasteiger partial charge in [0, 0.05) is 24.8 Å². The molecule has 0 amide bonds. The second kappa shape index (κ2) is 5.87. The summed E-state index contributed by atoms with van der Waals surface area (Å²) in [5, 5.41) is 20.3. The lowest BCUT2D eigenvalue weighted by Gasteiger charge is -2.21. The Morgan fingerprint density at radius 1 is 1.43 bits per heavy atom. The number of hydrogen-bond acceptors (Lipinski definition) is 6. The van der Waals surface area contributed by atoms with Crippen LogP contribution in [0.25, 0.3) is 0 Å². The molecule has 0 bridgehead atoms. The SMILES string of the molecule is Cc1nc(C#N)cc(N[C@H]2CCC[C@H]2Cn2ccnn2)n1. The first-order valence-electron chi connectivity index (χ1n) is 7.11. The minimum Gasteiger partial charge on any atom is -0.367 e. The van der Waals surface area contributed by atoms with E-state index < -0.39 is 0 Å². The van der Waals surface area contributed by atoms with Gasteiger partial charge in [0.05, 0.1) is 6.20 Å². The van der Waals surface area contributed by atoms with Crippen molar-refractivity contribution in [3.05, 3.63) is 30.0 Å². The van der Waals surface area contributed by atoms with Crippen LogP contribution in [0.5, 0.6) is 0 Å². The number of nitriles is 1. The summed E-state index contributed by atoms with van der Waals surface area (Å²) in [5.74, 6) is 1.84. The second-order valence-corrected chi connectivity index (χ2v) is 5.36. The molecular weight excluding hydrogens is 266 g/mol. The van der Waals surface area contributed by atoms with E-state index in [0.717, 1.165) is 25.2 Å². The summed E-state index contributed by atoms with van der Waals surface area (Å²) in [5.41, 5.74) is 0.399. The van der Waals surface area contributed by atoms with Crippen molar-refractivity contribution in [2.75, 3.05) is 5.32 Å². The van der Waals surface area contributed by atoms with E-state index in [1.807, 2.05) is 10.9 Å². The first kappa shape index (κ1) is 13.5. The molecule has 2 heterocycles. The number of anilines is 1. The summed E-state index contributed by atoms with van der Waals surface area (Å²) in [6, 6.07) is 4.12. The third kappa shape index (κ3) is 3.16. The van der Waals surface area contributed by atoms with Crippen LogP contribution in [0.3, 0.4) is 0 Å². The maximum Gasteiger partial charge on any atom is 0.146 e. The Kier molecular flexibility index (Phi) is 3.77. The van der Waals surface area contributed by atoms with Crippen LogP contribution in [0.15, 0.2) is 18.5 Å². The smallest absolute Gasteiger partial charge is 0.146 e. The molecule has 1 aliphatic rings. The van der Waals surface area contributed by atoms with E-state index in [1.54, 1.807) is 19.2 Å². The van der Waals surface area contributed by atoms with Crippen LogP contribution in [0.2, 0.25) is 0 Å². The molecule has 2 atom stereocenters. The summed E-state index contributed by atoms with van der Waals surface area (Å²) in [7, 11) is 0. The van der Waals surface area contributed by atoms with Crippen molar-refractivity contribution >= 4 is 5.82 Å². The lowest BCUT2D eigenvalue weighted by Crippen LogP contribution is -2.28. The maximum atomic E-state index is 8.98. The van der Waals surface area contributed by atoms with E-state index >= 15 is 0 Å². The Labute approximate surface area is 123 Å². The van der Waals surface area contributed by atoms with Gasteiger partial charge in [0.25, 0.3) is 0 Å². The van der Waals surface area contributed by atoms with Gasteiger partial charge >= 0.3 is 0 Å². The molecule has 2 aromatic rings. The number of aryl methyl sites for hydroxylation is 1. The standard InChI is InChI=1S/C14H17N7/c1-10-17-12(8-15)7-14(18-10)19-13-4-2-3-11(13)9-21-6-5-16-20-21/h5-7,11,13H,2-4,9H2,1H3,(H,17,18,19)/t11-,13-/m0/s1. The molecule has 2 aromatic heterocycles. The topological polar surface area (TPSA) is 92.3 Å². The first-order chi connectivity index (χ1) is 10.2. The van der Waals surface area contributed by atoms with E-state index in [9.17, 15) is 0 Å². The molecule has 0 spiro atoms. The molecule has 108 valence electrons. The van der Waals surface area contributed by atoms with E-state index in [2.05, 4.69) is 31.7 Å². The number of aromatic nitrogens is 5. The highest BCUT2D eigenvalue weighted by atomic mass is 15.4. The third-order valence-corrected chi connectivity index (χ3v) is 3.84. The average molecular weight is 283 g/mol. The zero-order valence-corrected chi connectivity index (χ0v) is 11.9. The summed E-state index contributed by atoms with van der Waals surface area (Å²) in [4.78, 5) is 8.44. The second-order valence-electron chi connectivity index (χ2n) is 5.36. The van der Waals surface area contributed by atoms with Gasteiger partial charge in [-0.25, -0.2) is 9.97 Å². The molecule has 0 aromatic carbocycles. The van der Waals surface area contributed by atoms with Gasteiger partial charge in [0.1, 0.15) is 23.4 Å². The molecule has 3 rings (SSSR count). The van der Waals surface area contributed by atoms with Crippen molar-refractivity contribution in [1.82, 2.24) is 25.0 Å². The zero-order valence-electron chi connectivity index (χ0n) is 11.9. The van der Waals surface area contributed by atoms with Crippen LogP contribution in [0, 0.1) is 24.2 Å². The molecular formula is C14H17N7. The minimum absolute atomic E-state index is 0.343. The Bertz CT molecular complexity index is 644. The van der Waals surface area contributed by atoms with Crippen LogP contribution in [-0.2, 0) is 6.54 Å². The van der Waals surface area contributed by atoms with Gasteiger partial charge in [0.2, 0.25) is 0 Å². The zero-order chi connectivity index (χ0) is 14.7. The summed E-state index contributed by atoms with van der Waals surface area (Å²) >= 11 is 0. The van der Waals surface area contributed by atoms with E-state index in [1.165, 1.54) is 6.42 Å². The van der Waals surface area contributed by atoms with Gasteiger partial charge in [-0.1, -0.05) is 11.6 Å². The largest absolute Gasteiger partial charge is 0.367 e. The summed E-state index contributed by atoms with van der Waals surface area (Å²) < 4.78 is 1.87. The number of rotatable bonds is 4.